The van der Waals surface area contributed by atoms with Crippen LogP contribution in [0.1, 0.15) is 39.3 Å². The fourth-order valence-electron chi connectivity index (χ4n) is 4.65. The van der Waals surface area contributed by atoms with E-state index in [4.69, 9.17) is 19.5 Å². The van der Waals surface area contributed by atoms with Crippen LogP contribution in [0.25, 0.3) is 11.2 Å². The zero-order valence-electron chi connectivity index (χ0n) is 22.8. The smallest absolute Gasteiger partial charge is 0.459 e. The Labute approximate surface area is 235 Å². The van der Waals surface area contributed by atoms with Crippen molar-refractivity contribution in [2.45, 2.75) is 69.3 Å². The maximum atomic E-state index is 16.1. The molecule has 1 aliphatic heterocycles. The minimum atomic E-state index is -4.26. The average molecular weight is 594 g/mol. The number of nitrogens with two attached hydrogens (primary N) is 1. The molecule has 14 nitrogen and oxygen atoms in total. The SMILES string of the molecule is COC(=O)[C@H](C)NP(=O)(OC[C@H]1O[C@@H](n2cnc3c(NC4CCC4)nc(N)nc32)C(C)(F)[C@@H]1O)Oc1ccccc1. The van der Waals surface area contributed by atoms with Gasteiger partial charge < -0.3 is 30.2 Å². The largest absolute Gasteiger partial charge is 0.468 e. The zero-order valence-corrected chi connectivity index (χ0v) is 23.7. The fourth-order valence-corrected chi connectivity index (χ4v) is 6.15. The Hall–Kier alpha value is -3.36. The van der Waals surface area contributed by atoms with Gasteiger partial charge in [-0.25, -0.2) is 13.9 Å². The number of nitrogens with zero attached hydrogens (tertiary/aromatic N) is 4. The van der Waals surface area contributed by atoms with E-state index in [1.54, 1.807) is 30.3 Å². The molecule has 6 atom stereocenters. The van der Waals surface area contributed by atoms with Gasteiger partial charge in [-0.05, 0) is 45.2 Å². The highest BCUT2D eigenvalue weighted by molar-refractivity contribution is 7.52. The number of hydrogen-bond donors (Lipinski definition) is 4. The monoisotopic (exact) mass is 593 g/mol. The molecule has 1 saturated heterocycles. The predicted octanol–water partition coefficient (Wildman–Crippen LogP) is 2.71. The standard InChI is InChI=1S/C25H33FN7O7P/c1-14(22(35)37-3)32-41(36,40-16-10-5-4-6-11-16)38-12-17-19(34)25(2,26)23(39-17)33-13-28-18-20(29-15-8-7-9-15)30-24(27)31-21(18)33/h4-6,10-11,13-15,17,19,23,34H,7-9,12H2,1-3H3,(H,32,36)(H3,27,29,30,31)/t14-,17+,19+,23+,25?,41?/m0/s1. The summed E-state index contributed by atoms with van der Waals surface area (Å²) in [6, 6.07) is 7.30. The Morgan fingerprint density at radius 2 is 2.07 bits per heavy atom. The Morgan fingerprint density at radius 3 is 2.73 bits per heavy atom. The second-order valence-corrected chi connectivity index (χ2v) is 11.9. The summed E-state index contributed by atoms with van der Waals surface area (Å²) in [6.07, 6.45) is 0.0268. The van der Waals surface area contributed by atoms with Crippen molar-refractivity contribution < 1.29 is 37.4 Å². The van der Waals surface area contributed by atoms with E-state index in [0.717, 1.165) is 19.3 Å². The first kappa shape index (κ1) is 29.1. The molecule has 5 N–H and O–H groups in total. The number of hydrogen-bond acceptors (Lipinski definition) is 12. The number of ether oxygens (including phenoxy) is 2. The van der Waals surface area contributed by atoms with E-state index in [9.17, 15) is 14.5 Å². The summed E-state index contributed by atoms with van der Waals surface area (Å²) in [4.78, 5) is 24.8. The summed E-state index contributed by atoms with van der Waals surface area (Å²) in [5.74, 6) is -0.127. The van der Waals surface area contributed by atoms with Crippen LogP contribution in [0.3, 0.4) is 0 Å². The second-order valence-electron chi connectivity index (χ2n) is 10.2. The van der Waals surface area contributed by atoms with Gasteiger partial charge in [-0.3, -0.25) is 13.9 Å². The van der Waals surface area contributed by atoms with Gasteiger partial charge in [-0.1, -0.05) is 18.2 Å². The predicted molar refractivity (Wildman–Crippen MR) is 146 cm³/mol. The Balaban J connectivity index is 1.37. The number of fused-ring (bicyclic) bond motifs is 1. The number of methoxy groups -OCH3 is 1. The molecule has 3 aromatic rings. The fraction of sp³-hybridized carbons (Fsp3) is 0.520. The maximum absolute atomic E-state index is 16.1. The van der Waals surface area contributed by atoms with E-state index in [1.165, 1.54) is 31.9 Å². The van der Waals surface area contributed by atoms with Crippen LogP contribution in [-0.2, 0) is 23.4 Å². The van der Waals surface area contributed by atoms with Gasteiger partial charge in [0.1, 0.15) is 24.0 Å². The molecule has 41 heavy (non-hydrogen) atoms. The lowest BCUT2D eigenvalue weighted by Gasteiger charge is -2.27. The summed E-state index contributed by atoms with van der Waals surface area (Å²) in [7, 11) is -3.08. The van der Waals surface area contributed by atoms with Crippen molar-refractivity contribution in [3.8, 4) is 5.75 Å². The second kappa shape index (κ2) is 11.5. The summed E-state index contributed by atoms with van der Waals surface area (Å²) < 4.78 is 52.8. The van der Waals surface area contributed by atoms with Crippen LogP contribution in [0, 0.1) is 0 Å². The third-order valence-electron chi connectivity index (χ3n) is 7.14. The van der Waals surface area contributed by atoms with Crippen LogP contribution in [-0.4, -0.2) is 74.3 Å². The third kappa shape index (κ3) is 5.99. The molecule has 2 aliphatic rings. The number of aromatic nitrogens is 4. The van der Waals surface area contributed by atoms with Gasteiger partial charge in [0.15, 0.2) is 28.9 Å². The van der Waals surface area contributed by atoms with Crippen molar-refractivity contribution >= 4 is 36.6 Å². The number of rotatable bonds is 11. The van der Waals surface area contributed by atoms with Gasteiger partial charge in [0.05, 0.1) is 20.0 Å². The molecule has 1 saturated carbocycles. The van der Waals surface area contributed by atoms with Gasteiger partial charge in [-0.2, -0.15) is 15.1 Å². The van der Waals surface area contributed by atoms with Crippen molar-refractivity contribution in [3.05, 3.63) is 36.7 Å². The van der Waals surface area contributed by atoms with Crippen LogP contribution in [0.2, 0.25) is 0 Å². The first-order chi connectivity index (χ1) is 19.5. The van der Waals surface area contributed by atoms with Gasteiger partial charge in [-0.15, -0.1) is 0 Å². The van der Waals surface area contributed by atoms with E-state index in [1.807, 2.05) is 0 Å². The molecule has 0 radical (unpaired) electrons. The molecule has 2 fully saturated rings. The number of aliphatic hydroxyl groups is 1. The summed E-state index contributed by atoms with van der Waals surface area (Å²) in [6.45, 7) is 2.03. The van der Waals surface area contributed by atoms with E-state index in [0.29, 0.717) is 11.3 Å². The maximum Gasteiger partial charge on any atom is 0.459 e. The summed E-state index contributed by atoms with van der Waals surface area (Å²) in [5, 5.41) is 16.7. The average Bonchev–Trinajstić information content (AvgIpc) is 3.42. The molecule has 0 amide bonds. The molecule has 0 spiro atoms. The zero-order chi connectivity index (χ0) is 29.4. The lowest BCUT2D eigenvalue weighted by Crippen LogP contribution is -2.41. The number of carbonyl (C=O) groups excluding carboxylic acids is 1. The number of aliphatic hydroxyl groups excluding tert-OH is 1. The molecule has 16 heteroatoms. The molecular formula is C25H33FN7O7P. The quantitative estimate of drug-likeness (QED) is 0.188. The van der Waals surface area contributed by atoms with E-state index < -0.39 is 50.5 Å². The number of nitrogens with one attached hydrogen (secondary N) is 2. The minimum Gasteiger partial charge on any atom is -0.468 e. The lowest BCUT2D eigenvalue weighted by molar-refractivity contribution is -0.142. The Kier molecular flexibility index (Phi) is 8.17. The Morgan fingerprint density at radius 1 is 1.34 bits per heavy atom. The normalized spacial score (nSPS) is 26.7. The third-order valence-corrected chi connectivity index (χ3v) is 8.78. The molecular weight excluding hydrogens is 560 g/mol. The summed E-state index contributed by atoms with van der Waals surface area (Å²) >= 11 is 0. The van der Waals surface area contributed by atoms with Crippen molar-refractivity contribution in [2.24, 2.45) is 0 Å². The highest BCUT2D eigenvalue weighted by Crippen LogP contribution is 2.48. The lowest BCUT2D eigenvalue weighted by atomic mass is 9.93. The summed E-state index contributed by atoms with van der Waals surface area (Å²) in [5.41, 5.74) is 4.19. The first-order valence-electron chi connectivity index (χ1n) is 13.1. The van der Waals surface area contributed by atoms with Crippen LogP contribution in [0.15, 0.2) is 36.7 Å². The topological polar surface area (TPSA) is 185 Å². The van der Waals surface area contributed by atoms with Crippen molar-refractivity contribution in [1.82, 2.24) is 24.6 Å². The van der Waals surface area contributed by atoms with Gasteiger partial charge in [0.2, 0.25) is 5.95 Å². The van der Waals surface area contributed by atoms with Crippen LogP contribution < -0.4 is 20.7 Å². The van der Waals surface area contributed by atoms with Crippen LogP contribution in [0.4, 0.5) is 16.2 Å². The molecule has 2 unspecified atom stereocenters. The molecule has 2 aromatic heterocycles. The molecule has 222 valence electrons. The van der Waals surface area contributed by atoms with Crippen molar-refractivity contribution in [2.75, 3.05) is 24.8 Å². The minimum absolute atomic E-state index is 0.0372. The highest BCUT2D eigenvalue weighted by Gasteiger charge is 2.56. The number of imidazole rings is 1. The van der Waals surface area contributed by atoms with Crippen molar-refractivity contribution in [3.63, 3.8) is 0 Å². The number of para-hydroxylation sites is 1. The molecule has 3 heterocycles. The number of alkyl halides is 1. The first-order valence-corrected chi connectivity index (χ1v) is 14.7. The number of benzene rings is 1. The van der Waals surface area contributed by atoms with Gasteiger partial charge in [0.25, 0.3) is 0 Å². The molecule has 1 aromatic carbocycles. The number of esters is 1. The van der Waals surface area contributed by atoms with Crippen molar-refractivity contribution in [1.29, 1.82) is 0 Å². The highest BCUT2D eigenvalue weighted by atomic mass is 31.2. The van der Waals surface area contributed by atoms with E-state index in [-0.39, 0.29) is 23.4 Å². The van der Waals surface area contributed by atoms with Gasteiger partial charge in [0, 0.05) is 6.04 Å². The van der Waals surface area contributed by atoms with E-state index in [2.05, 4.69) is 30.1 Å². The molecule has 0 bridgehead atoms. The van der Waals surface area contributed by atoms with Crippen LogP contribution >= 0.6 is 7.75 Å². The van der Waals surface area contributed by atoms with Gasteiger partial charge >= 0.3 is 13.7 Å². The Bertz CT molecular complexity index is 1440. The number of halogens is 1. The number of nitrogen functional groups attached to an aromatic ring is 1. The van der Waals surface area contributed by atoms with E-state index >= 15 is 4.39 Å². The number of anilines is 2. The number of carbonyl (C=O) groups is 1. The molecule has 5 rings (SSSR count). The van der Waals surface area contributed by atoms with Crippen LogP contribution in [0.5, 0.6) is 5.75 Å². The molecule has 1 aliphatic carbocycles.